The number of anilines is 2. The summed E-state index contributed by atoms with van der Waals surface area (Å²) in [6, 6.07) is 12.4. The summed E-state index contributed by atoms with van der Waals surface area (Å²) < 4.78 is 0. The Morgan fingerprint density at radius 2 is 1.96 bits per heavy atom. The second kappa shape index (κ2) is 7.68. The van der Waals surface area contributed by atoms with Gasteiger partial charge in [-0.05, 0) is 61.2 Å². The van der Waals surface area contributed by atoms with Crippen molar-refractivity contribution in [3.8, 4) is 5.75 Å². The fourth-order valence-electron chi connectivity index (χ4n) is 3.55. The van der Waals surface area contributed by atoms with Crippen molar-refractivity contribution in [1.29, 1.82) is 0 Å². The van der Waals surface area contributed by atoms with Crippen LogP contribution in [0.5, 0.6) is 5.75 Å². The third-order valence-corrected chi connectivity index (χ3v) is 5.52. The first-order valence-corrected chi connectivity index (χ1v) is 9.82. The number of benzene rings is 2. The molecule has 1 amide bonds. The number of halogens is 1. The van der Waals surface area contributed by atoms with Crippen LogP contribution in [0.15, 0.2) is 48.7 Å². The van der Waals surface area contributed by atoms with Crippen LogP contribution >= 0.6 is 11.6 Å². The molecular formula is C22H22ClN3O2. The molecule has 2 heterocycles. The number of carbonyl (C=O) groups is 1. The van der Waals surface area contributed by atoms with Crippen molar-refractivity contribution in [2.24, 2.45) is 5.92 Å². The number of aromatic hydroxyl groups is 1. The van der Waals surface area contributed by atoms with Crippen LogP contribution in [0.1, 0.15) is 30.1 Å². The van der Waals surface area contributed by atoms with Crippen LogP contribution in [-0.4, -0.2) is 34.0 Å². The lowest BCUT2D eigenvalue weighted by Gasteiger charge is -2.30. The van der Waals surface area contributed by atoms with Gasteiger partial charge in [-0.2, -0.15) is 0 Å². The Balaban J connectivity index is 1.62. The molecule has 1 aliphatic heterocycles. The molecule has 5 nitrogen and oxygen atoms in total. The topological polar surface area (TPSA) is 65.5 Å². The molecular weight excluding hydrogens is 374 g/mol. The van der Waals surface area contributed by atoms with E-state index in [0.717, 1.165) is 48.2 Å². The smallest absolute Gasteiger partial charge is 0.257 e. The van der Waals surface area contributed by atoms with Gasteiger partial charge in [0, 0.05) is 41.1 Å². The largest absolute Gasteiger partial charge is 0.507 e. The maximum absolute atomic E-state index is 12.9. The lowest BCUT2D eigenvalue weighted by molar-refractivity contribution is 0.0694. The van der Waals surface area contributed by atoms with E-state index < -0.39 is 0 Å². The van der Waals surface area contributed by atoms with Crippen molar-refractivity contribution < 1.29 is 9.90 Å². The Morgan fingerprint density at radius 1 is 1.18 bits per heavy atom. The molecule has 28 heavy (non-hydrogen) atoms. The number of rotatable bonds is 3. The maximum Gasteiger partial charge on any atom is 0.257 e. The van der Waals surface area contributed by atoms with Crippen LogP contribution in [0, 0.1) is 5.92 Å². The van der Waals surface area contributed by atoms with E-state index in [1.807, 2.05) is 29.2 Å². The fourth-order valence-corrected chi connectivity index (χ4v) is 3.72. The van der Waals surface area contributed by atoms with Gasteiger partial charge in [0.05, 0.1) is 11.1 Å². The molecule has 144 valence electrons. The highest BCUT2D eigenvalue weighted by Gasteiger charge is 2.23. The first-order valence-electron chi connectivity index (χ1n) is 9.45. The normalized spacial score (nSPS) is 15.0. The molecule has 1 aromatic heterocycles. The fraction of sp³-hybridized carbons (Fsp3) is 0.273. The monoisotopic (exact) mass is 395 g/mol. The van der Waals surface area contributed by atoms with Crippen molar-refractivity contribution >= 4 is 39.8 Å². The van der Waals surface area contributed by atoms with Gasteiger partial charge in [0.2, 0.25) is 0 Å². The molecule has 0 atom stereocenters. The first-order chi connectivity index (χ1) is 13.5. The molecule has 4 rings (SSSR count). The predicted octanol–water partition coefficient (Wildman–Crippen LogP) is 5.21. The molecule has 0 saturated carbocycles. The zero-order chi connectivity index (χ0) is 19.7. The zero-order valence-corrected chi connectivity index (χ0v) is 16.4. The number of likely N-dealkylation sites (tertiary alicyclic amines) is 1. The summed E-state index contributed by atoms with van der Waals surface area (Å²) in [5, 5.41) is 15.1. The minimum Gasteiger partial charge on any atom is -0.507 e. The van der Waals surface area contributed by atoms with Gasteiger partial charge in [0.15, 0.2) is 0 Å². The molecule has 1 saturated heterocycles. The molecule has 0 unspecified atom stereocenters. The molecule has 2 N–H and O–H groups in total. The van der Waals surface area contributed by atoms with Crippen molar-refractivity contribution in [2.75, 3.05) is 18.4 Å². The lowest BCUT2D eigenvalue weighted by atomic mass is 9.98. The third-order valence-electron chi connectivity index (χ3n) is 5.28. The highest BCUT2D eigenvalue weighted by Crippen LogP contribution is 2.30. The van der Waals surface area contributed by atoms with Crippen LogP contribution < -0.4 is 5.32 Å². The van der Waals surface area contributed by atoms with E-state index in [2.05, 4.69) is 17.2 Å². The van der Waals surface area contributed by atoms with E-state index in [1.165, 1.54) is 0 Å². The summed E-state index contributed by atoms with van der Waals surface area (Å²) in [7, 11) is 0. The standard InChI is InChI=1S/C22H22ClN3O2/c1-14-7-10-26(11-8-14)22(28)18-13-16(3-5-21(18)27)25-19-6-9-24-20-12-15(23)2-4-17(19)20/h2-6,9,12-14,27H,7-8,10-11H2,1H3,(H,24,25). The minimum atomic E-state index is -0.126. The van der Waals surface area contributed by atoms with Gasteiger partial charge in [-0.3, -0.25) is 9.78 Å². The van der Waals surface area contributed by atoms with E-state index in [9.17, 15) is 9.90 Å². The molecule has 0 radical (unpaired) electrons. The van der Waals surface area contributed by atoms with Crippen molar-refractivity contribution in [3.05, 3.63) is 59.2 Å². The van der Waals surface area contributed by atoms with Gasteiger partial charge < -0.3 is 15.3 Å². The van der Waals surface area contributed by atoms with E-state index >= 15 is 0 Å². The number of piperidine rings is 1. The molecule has 1 aliphatic rings. The van der Waals surface area contributed by atoms with E-state index in [4.69, 9.17) is 11.6 Å². The number of pyridine rings is 1. The van der Waals surface area contributed by atoms with Gasteiger partial charge in [0.25, 0.3) is 5.91 Å². The highest BCUT2D eigenvalue weighted by atomic mass is 35.5. The summed E-state index contributed by atoms with van der Waals surface area (Å²) in [6.07, 6.45) is 3.70. The number of carbonyl (C=O) groups excluding carboxylic acids is 1. The molecule has 3 aromatic rings. The average molecular weight is 396 g/mol. The first kappa shape index (κ1) is 18.6. The SMILES string of the molecule is CC1CCN(C(=O)c2cc(Nc3ccnc4cc(Cl)ccc34)ccc2O)CC1. The zero-order valence-electron chi connectivity index (χ0n) is 15.7. The summed E-state index contributed by atoms with van der Waals surface area (Å²) in [6.45, 7) is 3.66. The van der Waals surface area contributed by atoms with Gasteiger partial charge in [0.1, 0.15) is 5.75 Å². The summed E-state index contributed by atoms with van der Waals surface area (Å²) >= 11 is 6.06. The van der Waals surface area contributed by atoms with Gasteiger partial charge in [-0.15, -0.1) is 0 Å². The third kappa shape index (κ3) is 3.76. The number of phenolic OH excluding ortho intramolecular Hbond substituents is 1. The Kier molecular flexibility index (Phi) is 5.09. The van der Waals surface area contributed by atoms with E-state index in [1.54, 1.807) is 24.4 Å². The molecule has 0 bridgehead atoms. The van der Waals surface area contributed by atoms with Crippen LogP contribution in [0.4, 0.5) is 11.4 Å². The second-order valence-electron chi connectivity index (χ2n) is 7.35. The Hall–Kier alpha value is -2.79. The average Bonchev–Trinajstić information content (AvgIpc) is 2.69. The Bertz CT molecular complexity index is 1030. The number of fused-ring (bicyclic) bond motifs is 1. The predicted molar refractivity (Wildman–Crippen MR) is 112 cm³/mol. The molecule has 0 spiro atoms. The molecule has 0 aliphatic carbocycles. The number of nitrogens with one attached hydrogen (secondary N) is 1. The number of hydrogen-bond donors (Lipinski definition) is 2. The van der Waals surface area contributed by atoms with Crippen molar-refractivity contribution in [3.63, 3.8) is 0 Å². The quantitative estimate of drug-likeness (QED) is 0.597. The lowest BCUT2D eigenvalue weighted by Crippen LogP contribution is -2.37. The van der Waals surface area contributed by atoms with Crippen LogP contribution in [0.25, 0.3) is 10.9 Å². The summed E-state index contributed by atoms with van der Waals surface area (Å²) in [5.41, 5.74) is 2.70. The number of hydrogen-bond acceptors (Lipinski definition) is 4. The molecule has 2 aromatic carbocycles. The van der Waals surface area contributed by atoms with Crippen LogP contribution in [0.2, 0.25) is 5.02 Å². The van der Waals surface area contributed by atoms with E-state index in [-0.39, 0.29) is 11.7 Å². The van der Waals surface area contributed by atoms with Crippen molar-refractivity contribution in [1.82, 2.24) is 9.88 Å². The van der Waals surface area contributed by atoms with Crippen LogP contribution in [0.3, 0.4) is 0 Å². The molecule has 1 fully saturated rings. The number of amides is 1. The van der Waals surface area contributed by atoms with Gasteiger partial charge in [-0.1, -0.05) is 18.5 Å². The second-order valence-corrected chi connectivity index (χ2v) is 7.79. The summed E-state index contributed by atoms with van der Waals surface area (Å²) in [5.74, 6) is 0.513. The van der Waals surface area contributed by atoms with Gasteiger partial charge in [-0.25, -0.2) is 0 Å². The van der Waals surface area contributed by atoms with Gasteiger partial charge >= 0.3 is 0 Å². The summed E-state index contributed by atoms with van der Waals surface area (Å²) in [4.78, 5) is 19.1. The minimum absolute atomic E-state index is 0.000500. The number of phenols is 1. The highest BCUT2D eigenvalue weighted by molar-refractivity contribution is 6.31. The molecule has 6 heteroatoms. The Labute approximate surface area is 169 Å². The number of aromatic nitrogens is 1. The van der Waals surface area contributed by atoms with Crippen LogP contribution in [-0.2, 0) is 0 Å². The van der Waals surface area contributed by atoms with Crippen molar-refractivity contribution in [2.45, 2.75) is 19.8 Å². The number of nitrogens with zero attached hydrogens (tertiary/aromatic N) is 2. The Morgan fingerprint density at radius 3 is 2.75 bits per heavy atom. The maximum atomic E-state index is 12.9. The van der Waals surface area contributed by atoms with E-state index in [0.29, 0.717) is 16.5 Å².